The van der Waals surface area contributed by atoms with E-state index < -0.39 is 0 Å². The lowest BCUT2D eigenvalue weighted by Gasteiger charge is -2.27. The number of hydrogen-bond donors (Lipinski definition) is 1. The first-order valence-corrected chi connectivity index (χ1v) is 5.83. The Kier molecular flexibility index (Phi) is 3.84. The molecule has 0 spiro atoms. The largest absolute Gasteiger partial charge is 0.383 e. The normalized spacial score (nSPS) is 18.4. The van der Waals surface area contributed by atoms with Crippen molar-refractivity contribution in [2.75, 3.05) is 20.3 Å². The molecule has 6 heteroatoms. The maximum absolute atomic E-state index is 5.00. The van der Waals surface area contributed by atoms with Crippen LogP contribution in [0.3, 0.4) is 0 Å². The van der Waals surface area contributed by atoms with Crippen molar-refractivity contribution in [2.24, 2.45) is 0 Å². The van der Waals surface area contributed by atoms with Crippen LogP contribution in [0.15, 0.2) is 0 Å². The summed E-state index contributed by atoms with van der Waals surface area (Å²) in [6.07, 6.45) is 3.68. The van der Waals surface area contributed by atoms with Gasteiger partial charge in [-0.05, 0) is 36.6 Å². The molecule has 1 fully saturated rings. The van der Waals surface area contributed by atoms with Gasteiger partial charge in [-0.1, -0.05) is 0 Å². The molecule has 1 heterocycles. The maximum Gasteiger partial charge on any atom is 0.168 e. The predicted molar refractivity (Wildman–Crippen MR) is 59.0 cm³/mol. The third-order valence-electron chi connectivity index (χ3n) is 3.08. The van der Waals surface area contributed by atoms with Crippen molar-refractivity contribution in [2.45, 2.75) is 38.3 Å². The fourth-order valence-corrected chi connectivity index (χ4v) is 1.85. The van der Waals surface area contributed by atoms with Crippen molar-refractivity contribution in [3.05, 3.63) is 5.82 Å². The number of nitrogens with one attached hydrogen (secondary N) is 1. The Bertz CT molecular complexity index is 323. The Balaban J connectivity index is 1.93. The van der Waals surface area contributed by atoms with Crippen molar-refractivity contribution >= 4 is 0 Å². The molecule has 0 saturated heterocycles. The third kappa shape index (κ3) is 2.38. The SMILES string of the molecule is COCCNC(C)c1nnnn1C1CCC1. The molecule has 0 amide bonds. The van der Waals surface area contributed by atoms with E-state index in [9.17, 15) is 0 Å². The van der Waals surface area contributed by atoms with Crippen molar-refractivity contribution in [3.63, 3.8) is 0 Å². The maximum atomic E-state index is 5.00. The first-order valence-electron chi connectivity index (χ1n) is 5.83. The highest BCUT2D eigenvalue weighted by atomic mass is 16.5. The van der Waals surface area contributed by atoms with E-state index in [1.54, 1.807) is 7.11 Å². The zero-order valence-electron chi connectivity index (χ0n) is 9.89. The molecule has 6 nitrogen and oxygen atoms in total. The second-order valence-corrected chi connectivity index (χ2v) is 4.23. The fourth-order valence-electron chi connectivity index (χ4n) is 1.85. The van der Waals surface area contributed by atoms with Crippen LogP contribution in [0.2, 0.25) is 0 Å². The minimum absolute atomic E-state index is 0.172. The van der Waals surface area contributed by atoms with Crippen LogP contribution in [0.4, 0.5) is 0 Å². The second kappa shape index (κ2) is 5.36. The molecule has 0 bridgehead atoms. The lowest BCUT2D eigenvalue weighted by molar-refractivity contribution is 0.194. The Morgan fingerprint density at radius 1 is 1.56 bits per heavy atom. The molecule has 2 rings (SSSR count). The van der Waals surface area contributed by atoms with Gasteiger partial charge in [0.1, 0.15) is 0 Å². The smallest absolute Gasteiger partial charge is 0.168 e. The first kappa shape index (κ1) is 11.5. The molecule has 0 aromatic carbocycles. The molecule has 1 aliphatic carbocycles. The fraction of sp³-hybridized carbons (Fsp3) is 0.900. The van der Waals surface area contributed by atoms with Crippen molar-refractivity contribution in [1.29, 1.82) is 0 Å². The van der Waals surface area contributed by atoms with E-state index in [4.69, 9.17) is 4.74 Å². The summed E-state index contributed by atoms with van der Waals surface area (Å²) in [4.78, 5) is 0. The average molecular weight is 225 g/mol. The molecule has 0 radical (unpaired) electrons. The molecular weight excluding hydrogens is 206 g/mol. The number of methoxy groups -OCH3 is 1. The van der Waals surface area contributed by atoms with E-state index in [-0.39, 0.29) is 6.04 Å². The van der Waals surface area contributed by atoms with Crippen LogP contribution in [0.1, 0.15) is 44.1 Å². The Hall–Kier alpha value is -1.01. The first-order chi connectivity index (χ1) is 7.83. The summed E-state index contributed by atoms with van der Waals surface area (Å²) in [5.74, 6) is 0.931. The van der Waals surface area contributed by atoms with Crippen LogP contribution in [0.5, 0.6) is 0 Å². The molecule has 90 valence electrons. The van der Waals surface area contributed by atoms with E-state index in [0.717, 1.165) is 12.4 Å². The topological polar surface area (TPSA) is 64.9 Å². The number of ether oxygens (including phenoxy) is 1. The van der Waals surface area contributed by atoms with Crippen LogP contribution >= 0.6 is 0 Å². The highest BCUT2D eigenvalue weighted by Gasteiger charge is 2.25. The van der Waals surface area contributed by atoms with Crippen LogP contribution < -0.4 is 5.32 Å². The number of rotatable bonds is 6. The van der Waals surface area contributed by atoms with Gasteiger partial charge in [-0.15, -0.1) is 5.10 Å². The molecule has 1 atom stereocenters. The van der Waals surface area contributed by atoms with Gasteiger partial charge in [-0.3, -0.25) is 0 Å². The number of tetrazole rings is 1. The highest BCUT2D eigenvalue weighted by Crippen LogP contribution is 2.32. The monoisotopic (exact) mass is 225 g/mol. The molecule has 1 aliphatic rings. The van der Waals surface area contributed by atoms with Gasteiger partial charge in [-0.25, -0.2) is 4.68 Å². The van der Waals surface area contributed by atoms with E-state index in [1.807, 2.05) is 4.68 Å². The van der Waals surface area contributed by atoms with Gasteiger partial charge in [0.2, 0.25) is 0 Å². The van der Waals surface area contributed by atoms with Gasteiger partial charge in [0.25, 0.3) is 0 Å². The van der Waals surface area contributed by atoms with E-state index >= 15 is 0 Å². The Labute approximate surface area is 95.4 Å². The van der Waals surface area contributed by atoms with Crippen LogP contribution in [0, 0.1) is 0 Å². The van der Waals surface area contributed by atoms with Crippen molar-refractivity contribution in [3.8, 4) is 0 Å². The summed E-state index contributed by atoms with van der Waals surface area (Å²) in [5.41, 5.74) is 0. The minimum atomic E-state index is 0.172. The molecule has 1 saturated carbocycles. The summed E-state index contributed by atoms with van der Waals surface area (Å²) < 4.78 is 6.96. The summed E-state index contributed by atoms with van der Waals surface area (Å²) >= 11 is 0. The molecule has 1 aromatic heterocycles. The number of nitrogens with zero attached hydrogens (tertiary/aromatic N) is 4. The predicted octanol–water partition coefficient (Wildman–Crippen LogP) is 0.695. The van der Waals surface area contributed by atoms with Crippen LogP contribution in [0.25, 0.3) is 0 Å². The van der Waals surface area contributed by atoms with Gasteiger partial charge in [0.15, 0.2) is 5.82 Å². The summed E-state index contributed by atoms with van der Waals surface area (Å²) in [5, 5.41) is 15.3. The molecule has 0 aliphatic heterocycles. The third-order valence-corrected chi connectivity index (χ3v) is 3.08. The Morgan fingerprint density at radius 2 is 2.38 bits per heavy atom. The molecule has 1 aromatic rings. The van der Waals surface area contributed by atoms with Gasteiger partial charge in [0.05, 0.1) is 18.7 Å². The lowest BCUT2D eigenvalue weighted by atomic mass is 9.93. The van der Waals surface area contributed by atoms with Crippen molar-refractivity contribution < 1.29 is 4.74 Å². The van der Waals surface area contributed by atoms with Crippen LogP contribution in [-0.2, 0) is 4.74 Å². The van der Waals surface area contributed by atoms with E-state index in [1.165, 1.54) is 19.3 Å². The quantitative estimate of drug-likeness (QED) is 0.722. The zero-order chi connectivity index (χ0) is 11.4. The summed E-state index contributed by atoms with van der Waals surface area (Å²) in [7, 11) is 1.70. The Morgan fingerprint density at radius 3 is 3.00 bits per heavy atom. The second-order valence-electron chi connectivity index (χ2n) is 4.23. The molecular formula is C10H19N5O. The highest BCUT2D eigenvalue weighted by molar-refractivity contribution is 4.93. The number of hydrogen-bond acceptors (Lipinski definition) is 5. The van der Waals surface area contributed by atoms with Gasteiger partial charge >= 0.3 is 0 Å². The van der Waals surface area contributed by atoms with Crippen molar-refractivity contribution in [1.82, 2.24) is 25.5 Å². The van der Waals surface area contributed by atoms with Gasteiger partial charge in [0, 0.05) is 13.7 Å². The van der Waals surface area contributed by atoms with Gasteiger partial charge in [-0.2, -0.15) is 0 Å². The standard InChI is InChI=1S/C10H19N5O/c1-8(11-6-7-16-2)10-12-13-14-15(10)9-4-3-5-9/h8-9,11H,3-7H2,1-2H3. The number of aromatic nitrogens is 4. The van der Waals surface area contributed by atoms with E-state index in [0.29, 0.717) is 12.6 Å². The summed E-state index contributed by atoms with van der Waals surface area (Å²) in [6, 6.07) is 0.683. The summed E-state index contributed by atoms with van der Waals surface area (Å²) in [6.45, 7) is 3.60. The minimum Gasteiger partial charge on any atom is -0.383 e. The van der Waals surface area contributed by atoms with E-state index in [2.05, 4.69) is 27.8 Å². The lowest BCUT2D eigenvalue weighted by Crippen LogP contribution is -2.28. The average Bonchev–Trinajstić information content (AvgIpc) is 2.64. The van der Waals surface area contributed by atoms with Crippen LogP contribution in [-0.4, -0.2) is 40.5 Å². The molecule has 1 N–H and O–H groups in total. The molecule has 16 heavy (non-hydrogen) atoms. The van der Waals surface area contributed by atoms with Gasteiger partial charge < -0.3 is 10.1 Å². The molecule has 1 unspecified atom stereocenters. The zero-order valence-corrected chi connectivity index (χ0v) is 9.89.